The molecule has 1 aromatic carbocycles. The van der Waals surface area contributed by atoms with Crippen molar-refractivity contribution >= 4 is 5.78 Å². The van der Waals surface area contributed by atoms with Crippen LogP contribution in [0.2, 0.25) is 0 Å². The second kappa shape index (κ2) is 6.16. The van der Waals surface area contributed by atoms with Crippen LogP contribution in [0.5, 0.6) is 0 Å². The van der Waals surface area contributed by atoms with E-state index in [9.17, 15) is 9.18 Å². The number of carbonyl (C=O) groups is 1. The summed E-state index contributed by atoms with van der Waals surface area (Å²) in [4.78, 5) is 16.4. The highest BCUT2D eigenvalue weighted by Crippen LogP contribution is 2.28. The average molecular weight is 288 g/mol. The van der Waals surface area contributed by atoms with Crippen molar-refractivity contribution < 1.29 is 13.7 Å². The molecule has 2 aromatic rings. The maximum Gasteiger partial charge on any atom is 0.237 e. The predicted molar refractivity (Wildman–Crippen MR) is 74.3 cm³/mol. The van der Waals surface area contributed by atoms with Crippen molar-refractivity contribution in [2.24, 2.45) is 0 Å². The lowest BCUT2D eigenvalue weighted by Gasteiger charge is -2.06. The number of Topliss-reactive ketones (excluding diaryl/α,β-unsaturated/α-hetero) is 1. The molecule has 0 amide bonds. The molecule has 4 nitrogen and oxygen atoms in total. The number of ketones is 1. The lowest BCUT2D eigenvalue weighted by atomic mass is 9.99. The first kappa shape index (κ1) is 13.9. The Morgan fingerprint density at radius 3 is 2.81 bits per heavy atom. The second-order valence-corrected chi connectivity index (χ2v) is 5.47. The molecule has 0 spiro atoms. The Bertz CT molecular complexity index is 621. The molecule has 21 heavy (non-hydrogen) atoms. The molecule has 1 fully saturated rings. The van der Waals surface area contributed by atoms with Crippen LogP contribution < -0.4 is 0 Å². The quantitative estimate of drug-likeness (QED) is 0.812. The van der Waals surface area contributed by atoms with Gasteiger partial charge in [0.05, 0.1) is 5.92 Å². The van der Waals surface area contributed by atoms with Gasteiger partial charge in [-0.3, -0.25) is 4.79 Å². The fourth-order valence-electron chi connectivity index (χ4n) is 2.69. The predicted octanol–water partition coefficient (Wildman–Crippen LogP) is 3.42. The zero-order chi connectivity index (χ0) is 14.7. The van der Waals surface area contributed by atoms with Gasteiger partial charge in [0.15, 0.2) is 5.82 Å². The molecule has 0 N–H and O–H groups in total. The summed E-state index contributed by atoms with van der Waals surface area (Å²) in [5.41, 5.74) is 0.913. The molecule has 1 aliphatic carbocycles. The molecule has 0 saturated heterocycles. The first-order valence-corrected chi connectivity index (χ1v) is 7.32. The molecule has 1 saturated carbocycles. The van der Waals surface area contributed by atoms with Gasteiger partial charge < -0.3 is 4.52 Å². The summed E-state index contributed by atoms with van der Waals surface area (Å²) in [5, 5.41) is 3.94. The molecule has 1 heterocycles. The minimum Gasteiger partial charge on any atom is -0.339 e. The smallest absolute Gasteiger partial charge is 0.237 e. The summed E-state index contributed by atoms with van der Waals surface area (Å²) in [6, 6.07) is 6.21. The Hall–Kier alpha value is -2.04. The Morgan fingerprint density at radius 1 is 1.19 bits per heavy atom. The van der Waals surface area contributed by atoms with E-state index >= 15 is 0 Å². The van der Waals surface area contributed by atoms with Crippen molar-refractivity contribution in [1.82, 2.24) is 10.1 Å². The molecule has 1 aromatic heterocycles. The summed E-state index contributed by atoms with van der Waals surface area (Å²) in [7, 11) is 0. The third kappa shape index (κ3) is 3.35. The highest BCUT2D eigenvalue weighted by Gasteiger charge is 2.27. The largest absolute Gasteiger partial charge is 0.339 e. The van der Waals surface area contributed by atoms with Crippen LogP contribution in [0.4, 0.5) is 4.39 Å². The van der Waals surface area contributed by atoms with Crippen LogP contribution in [0.3, 0.4) is 0 Å². The van der Waals surface area contributed by atoms with E-state index in [1.165, 1.54) is 12.1 Å². The van der Waals surface area contributed by atoms with E-state index in [0.29, 0.717) is 24.6 Å². The maximum atomic E-state index is 12.9. The van der Waals surface area contributed by atoms with Crippen molar-refractivity contribution in [3.05, 3.63) is 47.4 Å². The van der Waals surface area contributed by atoms with Crippen molar-refractivity contribution in [1.29, 1.82) is 0 Å². The molecule has 1 aliphatic rings. The van der Waals surface area contributed by atoms with E-state index in [4.69, 9.17) is 4.52 Å². The van der Waals surface area contributed by atoms with Crippen molar-refractivity contribution in [3.8, 4) is 0 Å². The van der Waals surface area contributed by atoms with E-state index in [1.807, 2.05) is 0 Å². The fourth-order valence-corrected chi connectivity index (χ4v) is 2.69. The third-order valence-electron chi connectivity index (χ3n) is 3.86. The summed E-state index contributed by atoms with van der Waals surface area (Å²) < 4.78 is 18.1. The van der Waals surface area contributed by atoms with Gasteiger partial charge in [-0.25, -0.2) is 4.39 Å². The van der Waals surface area contributed by atoms with Crippen LogP contribution in [0.1, 0.15) is 55.3 Å². The summed E-state index contributed by atoms with van der Waals surface area (Å²) in [6.07, 6.45) is 4.92. The number of aromatic nitrogens is 2. The van der Waals surface area contributed by atoms with Gasteiger partial charge in [0.2, 0.25) is 5.89 Å². The van der Waals surface area contributed by atoms with E-state index in [0.717, 1.165) is 31.2 Å². The topological polar surface area (TPSA) is 56.0 Å². The van der Waals surface area contributed by atoms with Crippen LogP contribution in [-0.2, 0) is 11.2 Å². The maximum absolute atomic E-state index is 12.9. The van der Waals surface area contributed by atoms with Gasteiger partial charge in [-0.05, 0) is 30.5 Å². The molecule has 110 valence electrons. The summed E-state index contributed by atoms with van der Waals surface area (Å²) in [6.45, 7) is 0. The normalized spacial score (nSPS) is 19.5. The lowest BCUT2D eigenvalue weighted by Crippen LogP contribution is -2.10. The molecule has 0 bridgehead atoms. The Balaban J connectivity index is 1.73. The number of benzene rings is 1. The number of carbonyl (C=O) groups excluding carboxylic acids is 1. The highest BCUT2D eigenvalue weighted by molar-refractivity contribution is 5.84. The van der Waals surface area contributed by atoms with Crippen LogP contribution in [0.15, 0.2) is 28.8 Å². The van der Waals surface area contributed by atoms with Gasteiger partial charge in [0.1, 0.15) is 11.6 Å². The van der Waals surface area contributed by atoms with Gasteiger partial charge in [0.25, 0.3) is 0 Å². The number of halogens is 1. The Labute approximate surface area is 122 Å². The highest BCUT2D eigenvalue weighted by atomic mass is 19.1. The molecule has 5 heteroatoms. The van der Waals surface area contributed by atoms with Gasteiger partial charge in [-0.2, -0.15) is 4.98 Å². The van der Waals surface area contributed by atoms with Crippen molar-refractivity contribution in [2.75, 3.05) is 0 Å². The molecule has 0 aliphatic heterocycles. The van der Waals surface area contributed by atoms with Crippen molar-refractivity contribution in [3.63, 3.8) is 0 Å². The SMILES string of the molecule is O=C1CCCCCC1c1nc(Cc2ccc(F)cc2)no1. The van der Waals surface area contributed by atoms with Crippen molar-refractivity contribution in [2.45, 2.75) is 44.4 Å². The molecule has 0 radical (unpaired) electrons. The zero-order valence-corrected chi connectivity index (χ0v) is 11.7. The van der Waals surface area contributed by atoms with Gasteiger partial charge in [-0.1, -0.05) is 30.1 Å². The number of hydrogen-bond acceptors (Lipinski definition) is 4. The first-order valence-electron chi connectivity index (χ1n) is 7.32. The number of hydrogen-bond donors (Lipinski definition) is 0. The zero-order valence-electron chi connectivity index (χ0n) is 11.7. The van der Waals surface area contributed by atoms with E-state index in [1.54, 1.807) is 12.1 Å². The van der Waals surface area contributed by atoms with E-state index in [2.05, 4.69) is 10.1 Å². The minimum absolute atomic E-state index is 0.199. The second-order valence-electron chi connectivity index (χ2n) is 5.47. The minimum atomic E-state index is -0.267. The Morgan fingerprint density at radius 2 is 2.00 bits per heavy atom. The Kier molecular flexibility index (Phi) is 4.08. The summed E-state index contributed by atoms with van der Waals surface area (Å²) >= 11 is 0. The fraction of sp³-hybridized carbons (Fsp3) is 0.438. The van der Waals surface area contributed by atoms with E-state index in [-0.39, 0.29) is 17.5 Å². The molecule has 3 rings (SSSR count). The summed E-state index contributed by atoms with van der Waals surface area (Å²) in [5.74, 6) is 0.649. The standard InChI is InChI=1S/C16H17FN2O2/c17-12-8-6-11(7-9-12)10-15-18-16(21-19-15)13-4-2-1-3-5-14(13)20/h6-9,13H,1-5,10H2. The molecule has 1 atom stereocenters. The molecular weight excluding hydrogens is 271 g/mol. The monoisotopic (exact) mass is 288 g/mol. The van der Waals surface area contributed by atoms with Crippen LogP contribution >= 0.6 is 0 Å². The number of nitrogens with zero attached hydrogens (tertiary/aromatic N) is 2. The van der Waals surface area contributed by atoms with Gasteiger partial charge in [-0.15, -0.1) is 0 Å². The number of rotatable bonds is 3. The van der Waals surface area contributed by atoms with Crippen LogP contribution in [-0.4, -0.2) is 15.9 Å². The van der Waals surface area contributed by atoms with Gasteiger partial charge in [0, 0.05) is 12.8 Å². The average Bonchev–Trinajstić information content (AvgIpc) is 2.82. The van der Waals surface area contributed by atoms with E-state index < -0.39 is 0 Å². The van der Waals surface area contributed by atoms with Gasteiger partial charge >= 0.3 is 0 Å². The van der Waals surface area contributed by atoms with Crippen LogP contribution in [0.25, 0.3) is 0 Å². The van der Waals surface area contributed by atoms with Crippen LogP contribution in [0, 0.1) is 5.82 Å². The molecule has 1 unspecified atom stereocenters. The third-order valence-corrected chi connectivity index (χ3v) is 3.86. The molecular formula is C16H17FN2O2. The lowest BCUT2D eigenvalue weighted by molar-refractivity contribution is -0.120. The first-order chi connectivity index (χ1) is 10.2.